The van der Waals surface area contributed by atoms with Gasteiger partial charge in [-0.1, -0.05) is 12.1 Å². The van der Waals surface area contributed by atoms with Crippen molar-refractivity contribution in [2.75, 3.05) is 14.1 Å². The fraction of sp³-hybridized carbons (Fsp3) is 0.118. The number of hydrogen-bond donors (Lipinski definition) is 0. The van der Waals surface area contributed by atoms with E-state index in [1.807, 2.05) is 6.07 Å². The Kier molecular flexibility index (Phi) is 4.02. The third-order valence-electron chi connectivity index (χ3n) is 3.69. The summed E-state index contributed by atoms with van der Waals surface area (Å²) in [4.78, 5) is 39.4. The van der Waals surface area contributed by atoms with Gasteiger partial charge in [-0.2, -0.15) is 0 Å². The summed E-state index contributed by atoms with van der Waals surface area (Å²) in [6, 6.07) is 9.02. The highest BCUT2D eigenvalue weighted by Gasteiger charge is 2.37. The lowest BCUT2D eigenvalue weighted by Crippen LogP contribution is -2.52. The van der Waals surface area contributed by atoms with E-state index in [1.54, 1.807) is 18.2 Å². The smallest absolute Gasteiger partial charge is 0.268 e. The van der Waals surface area contributed by atoms with Gasteiger partial charge in [0.15, 0.2) is 0 Å². The Morgan fingerprint density at radius 3 is 2.08 bits per heavy atom. The van der Waals surface area contributed by atoms with Crippen molar-refractivity contribution in [2.45, 2.75) is 0 Å². The van der Waals surface area contributed by atoms with Gasteiger partial charge in [-0.05, 0) is 35.9 Å². The van der Waals surface area contributed by atoms with Crippen LogP contribution in [0.25, 0.3) is 16.5 Å². The number of likely N-dealkylation sites (N-methyl/N-ethyl adjacent to an activating group) is 2. The van der Waals surface area contributed by atoms with Crippen molar-refractivity contribution < 1.29 is 18.8 Å². The molecule has 1 fully saturated rings. The van der Waals surface area contributed by atoms with Crippen molar-refractivity contribution in [2.24, 2.45) is 0 Å². The van der Waals surface area contributed by atoms with E-state index in [0.717, 1.165) is 20.2 Å². The lowest BCUT2D eigenvalue weighted by Gasteiger charge is -2.28. The molecule has 2 aromatic rings. The third kappa shape index (κ3) is 2.74. The first-order chi connectivity index (χ1) is 11.4. The summed E-state index contributed by atoms with van der Waals surface area (Å²) in [6.45, 7) is 0. The number of amides is 4. The number of benzene rings is 1. The van der Waals surface area contributed by atoms with Crippen LogP contribution in [-0.2, 0) is 9.59 Å². The monoisotopic (exact) mass is 344 g/mol. The van der Waals surface area contributed by atoms with Crippen LogP contribution in [0.3, 0.4) is 0 Å². The van der Waals surface area contributed by atoms with Crippen molar-refractivity contribution in [3.63, 3.8) is 0 Å². The molecule has 24 heavy (non-hydrogen) atoms. The van der Waals surface area contributed by atoms with Crippen LogP contribution in [0, 0.1) is 5.82 Å². The molecule has 3 rings (SSSR count). The topological polar surface area (TPSA) is 57.7 Å². The molecule has 1 aromatic carbocycles. The van der Waals surface area contributed by atoms with E-state index < -0.39 is 17.8 Å². The average molecular weight is 344 g/mol. The largest absolute Gasteiger partial charge is 0.333 e. The van der Waals surface area contributed by atoms with Crippen molar-refractivity contribution in [3.8, 4) is 10.4 Å². The number of nitrogens with zero attached hydrogens (tertiary/aromatic N) is 2. The summed E-state index contributed by atoms with van der Waals surface area (Å²) in [6.07, 6.45) is 1.47. The minimum Gasteiger partial charge on any atom is -0.268 e. The first-order valence-corrected chi connectivity index (χ1v) is 7.87. The summed E-state index contributed by atoms with van der Waals surface area (Å²) < 4.78 is 13.0. The molecule has 7 heteroatoms. The molecule has 0 N–H and O–H groups in total. The molecule has 4 amide bonds. The van der Waals surface area contributed by atoms with E-state index >= 15 is 0 Å². The normalized spacial score (nSPS) is 15.3. The summed E-state index contributed by atoms with van der Waals surface area (Å²) in [5.74, 6) is -1.56. The van der Waals surface area contributed by atoms with E-state index in [-0.39, 0.29) is 11.4 Å². The molecule has 0 radical (unpaired) electrons. The maximum atomic E-state index is 13.0. The van der Waals surface area contributed by atoms with Gasteiger partial charge in [-0.3, -0.25) is 19.4 Å². The molecule has 0 unspecified atom stereocenters. The second-order valence-corrected chi connectivity index (χ2v) is 6.39. The SMILES string of the molecule is CN1C(=O)C(=Cc2ccc(-c3ccc(F)cc3)s2)C(=O)N(C)C1=O. The number of barbiturate groups is 1. The van der Waals surface area contributed by atoms with Gasteiger partial charge < -0.3 is 0 Å². The third-order valence-corrected chi connectivity index (χ3v) is 4.77. The zero-order chi connectivity index (χ0) is 17.4. The van der Waals surface area contributed by atoms with Crippen molar-refractivity contribution in [3.05, 3.63) is 52.7 Å². The number of urea groups is 1. The Hall–Kier alpha value is -2.80. The number of carbonyl (C=O) groups is 3. The Labute approximate surface area is 141 Å². The van der Waals surface area contributed by atoms with Gasteiger partial charge in [0.1, 0.15) is 11.4 Å². The highest BCUT2D eigenvalue weighted by atomic mass is 32.1. The van der Waals surface area contributed by atoms with Gasteiger partial charge in [0.2, 0.25) is 0 Å². The molecule has 0 atom stereocenters. The van der Waals surface area contributed by atoms with Gasteiger partial charge in [-0.25, -0.2) is 9.18 Å². The van der Waals surface area contributed by atoms with Gasteiger partial charge in [0.25, 0.3) is 11.8 Å². The molecule has 1 aromatic heterocycles. The highest BCUT2D eigenvalue weighted by molar-refractivity contribution is 7.16. The Balaban J connectivity index is 1.94. The molecule has 2 heterocycles. The summed E-state index contributed by atoms with van der Waals surface area (Å²) >= 11 is 1.37. The van der Waals surface area contributed by atoms with Crippen molar-refractivity contribution in [1.82, 2.24) is 9.80 Å². The lowest BCUT2D eigenvalue weighted by molar-refractivity contribution is -0.134. The van der Waals surface area contributed by atoms with Crippen LogP contribution in [0.4, 0.5) is 9.18 Å². The average Bonchev–Trinajstić information content (AvgIpc) is 3.04. The molecular formula is C17H13FN2O3S. The summed E-state index contributed by atoms with van der Waals surface area (Å²) in [5, 5.41) is 0. The molecule has 5 nitrogen and oxygen atoms in total. The predicted octanol–water partition coefficient (Wildman–Crippen LogP) is 2.99. The van der Waals surface area contributed by atoms with Crippen LogP contribution in [0.2, 0.25) is 0 Å². The molecular weight excluding hydrogens is 331 g/mol. The quantitative estimate of drug-likeness (QED) is 0.622. The van der Waals surface area contributed by atoms with Crippen LogP contribution in [-0.4, -0.2) is 41.7 Å². The molecule has 122 valence electrons. The standard InChI is InChI=1S/C17H13FN2O3S/c1-19-15(21)13(16(22)20(2)17(19)23)9-12-7-8-14(24-12)10-3-5-11(18)6-4-10/h3-9H,1-2H3. The first-order valence-electron chi connectivity index (χ1n) is 7.06. The molecule has 1 aliphatic heterocycles. The second-order valence-electron chi connectivity index (χ2n) is 5.28. The number of carbonyl (C=O) groups excluding carboxylic acids is 3. The zero-order valence-corrected chi connectivity index (χ0v) is 13.8. The van der Waals surface area contributed by atoms with Crippen molar-refractivity contribution in [1.29, 1.82) is 0 Å². The van der Waals surface area contributed by atoms with E-state index in [4.69, 9.17) is 0 Å². The highest BCUT2D eigenvalue weighted by Crippen LogP contribution is 2.30. The summed E-state index contributed by atoms with van der Waals surface area (Å²) in [7, 11) is 2.67. The molecule has 0 spiro atoms. The van der Waals surface area contributed by atoms with Crippen molar-refractivity contribution >= 4 is 35.3 Å². The zero-order valence-electron chi connectivity index (χ0n) is 12.9. The van der Waals surface area contributed by atoms with Gasteiger partial charge >= 0.3 is 6.03 Å². The van der Waals surface area contributed by atoms with E-state index in [9.17, 15) is 18.8 Å². The number of halogens is 1. The van der Waals surface area contributed by atoms with Crippen LogP contribution < -0.4 is 0 Å². The van der Waals surface area contributed by atoms with Gasteiger partial charge in [0.05, 0.1) is 0 Å². The van der Waals surface area contributed by atoms with E-state index in [1.165, 1.54) is 43.6 Å². The van der Waals surface area contributed by atoms with E-state index in [2.05, 4.69) is 0 Å². The minimum atomic E-state index is -0.652. The maximum Gasteiger partial charge on any atom is 0.333 e. The number of imide groups is 2. The maximum absolute atomic E-state index is 13.0. The Morgan fingerprint density at radius 2 is 1.50 bits per heavy atom. The van der Waals surface area contributed by atoms with Gasteiger partial charge in [0, 0.05) is 23.8 Å². The second kappa shape index (κ2) is 6.01. The summed E-state index contributed by atoms with van der Waals surface area (Å²) in [5.41, 5.74) is 0.781. The van der Waals surface area contributed by atoms with Crippen LogP contribution >= 0.6 is 11.3 Å². The minimum absolute atomic E-state index is 0.0629. The first kappa shape index (κ1) is 16.1. The molecule has 1 aliphatic rings. The van der Waals surface area contributed by atoms with Crippen LogP contribution in [0.1, 0.15) is 4.88 Å². The van der Waals surface area contributed by atoms with E-state index in [0.29, 0.717) is 4.88 Å². The van der Waals surface area contributed by atoms with Crippen LogP contribution in [0.15, 0.2) is 42.0 Å². The molecule has 0 bridgehead atoms. The molecule has 0 saturated carbocycles. The number of rotatable bonds is 2. The predicted molar refractivity (Wildman–Crippen MR) is 88.6 cm³/mol. The Morgan fingerprint density at radius 1 is 0.917 bits per heavy atom. The molecule has 1 saturated heterocycles. The number of hydrogen-bond acceptors (Lipinski definition) is 4. The lowest BCUT2D eigenvalue weighted by atomic mass is 10.1. The van der Waals surface area contributed by atoms with Gasteiger partial charge in [-0.15, -0.1) is 11.3 Å². The number of thiophene rings is 1. The fourth-order valence-corrected chi connectivity index (χ4v) is 3.27. The molecule has 0 aliphatic carbocycles. The van der Waals surface area contributed by atoms with Crippen LogP contribution in [0.5, 0.6) is 0 Å². The fourth-order valence-electron chi connectivity index (χ4n) is 2.32. The Bertz CT molecular complexity index is 844.